The van der Waals surface area contributed by atoms with Crippen LogP contribution in [-0.4, -0.2) is 33.9 Å². The Morgan fingerprint density at radius 1 is 1.56 bits per heavy atom. The average molecular weight is 271 g/mol. The lowest BCUT2D eigenvalue weighted by atomic mass is 10.0. The van der Waals surface area contributed by atoms with Crippen molar-refractivity contribution < 1.29 is 20.1 Å². The van der Waals surface area contributed by atoms with E-state index in [-0.39, 0.29) is 19.4 Å². The van der Waals surface area contributed by atoms with Crippen LogP contribution in [0.25, 0.3) is 10.4 Å². The van der Waals surface area contributed by atoms with Crippen LogP contribution in [0.5, 0.6) is 0 Å². The summed E-state index contributed by atoms with van der Waals surface area (Å²) in [4.78, 5) is 13.7. The summed E-state index contributed by atoms with van der Waals surface area (Å²) in [5.74, 6) is -0.943. The van der Waals surface area contributed by atoms with Crippen LogP contribution in [0.2, 0.25) is 0 Å². The fraction of sp³-hybridized carbons (Fsp3) is 0.500. The molecule has 2 unspecified atom stereocenters. The minimum atomic E-state index is -1.10. The van der Waals surface area contributed by atoms with E-state index in [1.807, 2.05) is 0 Å². The van der Waals surface area contributed by atoms with E-state index in [9.17, 15) is 15.0 Å². The quantitative estimate of drug-likeness (QED) is 0.394. The molecule has 1 aromatic heterocycles. The van der Waals surface area contributed by atoms with Crippen LogP contribution in [0.15, 0.2) is 16.6 Å². The van der Waals surface area contributed by atoms with Crippen LogP contribution in [0.4, 0.5) is 0 Å². The first-order valence-electron chi connectivity index (χ1n) is 5.20. The van der Waals surface area contributed by atoms with E-state index in [1.165, 1.54) is 11.3 Å². The number of hydrogen-bond acceptors (Lipinski definition) is 5. The summed E-state index contributed by atoms with van der Waals surface area (Å²) in [6, 6.07) is 1.56. The molecular formula is C10H13N3O4S. The molecule has 0 aromatic carbocycles. The van der Waals surface area contributed by atoms with Crippen molar-refractivity contribution in [2.24, 2.45) is 5.11 Å². The van der Waals surface area contributed by atoms with Gasteiger partial charge >= 0.3 is 5.97 Å². The predicted molar refractivity (Wildman–Crippen MR) is 65.3 cm³/mol. The molecule has 0 fully saturated rings. The van der Waals surface area contributed by atoms with Crippen LogP contribution < -0.4 is 0 Å². The van der Waals surface area contributed by atoms with Crippen molar-refractivity contribution in [1.82, 2.24) is 0 Å². The Morgan fingerprint density at radius 2 is 2.28 bits per heavy atom. The highest BCUT2D eigenvalue weighted by molar-refractivity contribution is 7.10. The molecule has 7 nitrogen and oxygen atoms in total. The summed E-state index contributed by atoms with van der Waals surface area (Å²) >= 11 is 1.22. The Morgan fingerprint density at radius 3 is 2.89 bits per heavy atom. The van der Waals surface area contributed by atoms with Crippen molar-refractivity contribution in [3.63, 3.8) is 0 Å². The second-order valence-electron chi connectivity index (χ2n) is 3.67. The lowest BCUT2D eigenvalue weighted by molar-refractivity contribution is -0.136. The molecule has 0 aliphatic heterocycles. The van der Waals surface area contributed by atoms with Gasteiger partial charge in [0.15, 0.2) is 0 Å². The molecule has 8 heteroatoms. The topological polar surface area (TPSA) is 127 Å². The molecule has 1 rings (SSSR count). The van der Waals surface area contributed by atoms with Crippen LogP contribution in [0.1, 0.15) is 23.0 Å². The number of carbonyl (C=O) groups is 1. The van der Waals surface area contributed by atoms with Gasteiger partial charge in [-0.2, -0.15) is 0 Å². The maximum atomic E-state index is 10.5. The molecule has 2 atom stereocenters. The molecule has 0 bridgehead atoms. The summed E-state index contributed by atoms with van der Waals surface area (Å²) in [6.45, 7) is 0.0981. The molecule has 0 saturated heterocycles. The third-order valence-corrected chi connectivity index (χ3v) is 3.25. The first-order chi connectivity index (χ1) is 8.54. The Kier molecular flexibility index (Phi) is 5.60. The van der Waals surface area contributed by atoms with Gasteiger partial charge in [-0.25, -0.2) is 0 Å². The van der Waals surface area contributed by atoms with Gasteiger partial charge in [-0.05, 0) is 29.0 Å². The molecular weight excluding hydrogens is 258 g/mol. The third kappa shape index (κ3) is 4.34. The number of azide groups is 1. The zero-order chi connectivity index (χ0) is 13.5. The highest BCUT2D eigenvalue weighted by atomic mass is 32.1. The molecule has 1 heterocycles. The molecule has 98 valence electrons. The van der Waals surface area contributed by atoms with E-state index in [1.54, 1.807) is 11.4 Å². The van der Waals surface area contributed by atoms with Gasteiger partial charge in [0.05, 0.1) is 12.5 Å². The van der Waals surface area contributed by atoms with Crippen molar-refractivity contribution in [2.45, 2.75) is 25.0 Å². The van der Waals surface area contributed by atoms with Gasteiger partial charge in [0.2, 0.25) is 0 Å². The minimum Gasteiger partial charge on any atom is -0.481 e. The zero-order valence-electron chi connectivity index (χ0n) is 9.43. The van der Waals surface area contributed by atoms with Gasteiger partial charge in [-0.1, -0.05) is 5.11 Å². The van der Waals surface area contributed by atoms with E-state index in [0.29, 0.717) is 10.4 Å². The van der Waals surface area contributed by atoms with Crippen LogP contribution in [0, 0.1) is 0 Å². The largest absolute Gasteiger partial charge is 0.481 e. The second-order valence-corrected chi connectivity index (χ2v) is 4.67. The molecule has 0 spiro atoms. The number of carboxylic acids is 1. The number of carboxylic acid groups (broad SMARTS) is 1. The first kappa shape index (κ1) is 14.5. The van der Waals surface area contributed by atoms with E-state index in [4.69, 9.17) is 10.6 Å². The van der Waals surface area contributed by atoms with Gasteiger partial charge < -0.3 is 15.3 Å². The smallest absolute Gasteiger partial charge is 0.308 e. The molecule has 0 aliphatic carbocycles. The number of thiophene rings is 1. The number of aliphatic hydroxyl groups excluding tert-OH is 2. The molecule has 0 saturated carbocycles. The Hall–Kier alpha value is -1.60. The number of aliphatic carboxylic acids is 1. The molecule has 1 aromatic rings. The highest BCUT2D eigenvalue weighted by Crippen LogP contribution is 2.25. The van der Waals surface area contributed by atoms with E-state index in [0.717, 1.165) is 0 Å². The fourth-order valence-electron chi connectivity index (χ4n) is 1.41. The zero-order valence-corrected chi connectivity index (χ0v) is 10.2. The maximum Gasteiger partial charge on any atom is 0.308 e. The van der Waals surface area contributed by atoms with Crippen molar-refractivity contribution in [2.75, 3.05) is 6.54 Å². The lowest BCUT2D eigenvalue weighted by Crippen LogP contribution is -2.18. The summed E-state index contributed by atoms with van der Waals surface area (Å²) in [5, 5.41) is 32.9. The molecule has 3 N–H and O–H groups in total. The summed E-state index contributed by atoms with van der Waals surface area (Å²) < 4.78 is 0. The molecule has 0 aliphatic rings. The fourth-order valence-corrected chi connectivity index (χ4v) is 2.32. The maximum absolute atomic E-state index is 10.5. The van der Waals surface area contributed by atoms with Crippen LogP contribution in [0.3, 0.4) is 0 Å². The van der Waals surface area contributed by atoms with Gasteiger partial charge in [-0.3, -0.25) is 4.79 Å². The van der Waals surface area contributed by atoms with Crippen LogP contribution in [-0.2, 0) is 11.2 Å². The Labute approximate surface area is 107 Å². The lowest BCUT2D eigenvalue weighted by Gasteiger charge is -2.15. The second kappa shape index (κ2) is 6.97. The minimum absolute atomic E-state index is 0.0981. The molecule has 18 heavy (non-hydrogen) atoms. The summed E-state index contributed by atoms with van der Waals surface area (Å²) in [5.41, 5.74) is 8.56. The first-order valence-corrected chi connectivity index (χ1v) is 6.08. The number of hydrogen-bond donors (Lipinski definition) is 3. The highest BCUT2D eigenvalue weighted by Gasteiger charge is 2.19. The number of nitrogens with zero attached hydrogens (tertiary/aromatic N) is 3. The average Bonchev–Trinajstić information content (AvgIpc) is 2.75. The van der Waals surface area contributed by atoms with Crippen molar-refractivity contribution >= 4 is 17.3 Å². The standard InChI is InChI=1S/C10H13N3O4S/c11-13-12-2-1-8(14)10(17)6-3-7(18-5-6)4-9(15)16/h3,5,8,10,14,17H,1-2,4H2,(H,15,16). The SMILES string of the molecule is [N-]=[N+]=NCCC(O)C(O)c1csc(CC(=O)O)c1. The number of rotatable bonds is 7. The monoisotopic (exact) mass is 271 g/mol. The van der Waals surface area contributed by atoms with Gasteiger partial charge in [0.25, 0.3) is 0 Å². The van der Waals surface area contributed by atoms with E-state index >= 15 is 0 Å². The predicted octanol–water partition coefficient (Wildman–Crippen LogP) is 1.47. The van der Waals surface area contributed by atoms with Gasteiger partial charge in [0, 0.05) is 16.3 Å². The molecule has 0 radical (unpaired) electrons. The van der Waals surface area contributed by atoms with Gasteiger partial charge in [-0.15, -0.1) is 11.3 Å². The number of aliphatic hydroxyl groups is 2. The summed E-state index contributed by atoms with van der Waals surface area (Å²) in [7, 11) is 0. The Balaban J connectivity index is 2.59. The summed E-state index contributed by atoms with van der Waals surface area (Å²) in [6.07, 6.45) is -2.10. The van der Waals surface area contributed by atoms with E-state index < -0.39 is 18.2 Å². The van der Waals surface area contributed by atoms with Crippen molar-refractivity contribution in [1.29, 1.82) is 0 Å². The van der Waals surface area contributed by atoms with Crippen molar-refractivity contribution in [3.8, 4) is 0 Å². The Bertz CT molecular complexity index is 456. The molecule has 0 amide bonds. The van der Waals surface area contributed by atoms with Crippen molar-refractivity contribution in [3.05, 3.63) is 32.3 Å². The normalized spacial score (nSPS) is 13.7. The van der Waals surface area contributed by atoms with E-state index in [2.05, 4.69) is 10.0 Å². The van der Waals surface area contributed by atoms with Gasteiger partial charge in [0.1, 0.15) is 6.10 Å². The third-order valence-electron chi connectivity index (χ3n) is 2.29. The van der Waals surface area contributed by atoms with Crippen LogP contribution >= 0.6 is 11.3 Å².